The molecule has 0 bridgehead atoms. The van der Waals surface area contributed by atoms with Crippen molar-refractivity contribution < 1.29 is 43.2 Å². The van der Waals surface area contributed by atoms with Gasteiger partial charge in [-0.15, -0.1) is 0 Å². The fourth-order valence-electron chi connectivity index (χ4n) is 1.74. The number of carbonyl (C=O) groups excluding carboxylic acids is 4. The average molecular weight is 772 g/mol. The van der Waals surface area contributed by atoms with Gasteiger partial charge >= 0.3 is 23.9 Å². The van der Waals surface area contributed by atoms with Crippen molar-refractivity contribution in [1.29, 1.82) is 0 Å². The van der Waals surface area contributed by atoms with Gasteiger partial charge in [0, 0.05) is 9.14 Å². The smallest absolute Gasteiger partial charge is 0.368 e. The maximum absolute atomic E-state index is 12.3. The minimum atomic E-state index is -1.33. The molecular weight excluding hydrogens is 753 g/mol. The molecule has 31 heavy (non-hydrogen) atoms. The Hall–Kier alpha value is -1.01. The van der Waals surface area contributed by atoms with Gasteiger partial charge in [-0.3, -0.25) is 4.89 Å². The van der Waals surface area contributed by atoms with E-state index < -0.39 is 42.7 Å². The Kier molecular flexibility index (Phi) is 12.2. The van der Waals surface area contributed by atoms with Crippen molar-refractivity contribution in [2.75, 3.05) is 6.61 Å². The second kappa shape index (κ2) is 13.5. The number of halogens is 3. The number of ether oxygens (including phenoxy) is 3. The summed E-state index contributed by atoms with van der Waals surface area (Å²) in [7, 11) is 0. The van der Waals surface area contributed by atoms with Crippen LogP contribution < -0.4 is 4.74 Å². The van der Waals surface area contributed by atoms with Gasteiger partial charge in [0.2, 0.25) is 0 Å². The molecule has 0 spiro atoms. The molecule has 0 saturated heterocycles. The molecule has 0 aliphatic rings. The van der Waals surface area contributed by atoms with Crippen LogP contribution in [0.15, 0.2) is 24.3 Å². The molecular formula is C19H19I3O9. The molecule has 2 unspecified atom stereocenters. The lowest BCUT2D eigenvalue weighted by atomic mass is 10.2. The second-order valence-electron chi connectivity index (χ2n) is 5.92. The van der Waals surface area contributed by atoms with E-state index in [0.717, 1.165) is 10.7 Å². The zero-order valence-electron chi connectivity index (χ0n) is 16.7. The first-order valence-corrected chi connectivity index (χ1v) is 12.0. The minimum absolute atomic E-state index is 0.167. The molecule has 2 atom stereocenters. The summed E-state index contributed by atoms with van der Waals surface area (Å²) in [5, 5.41) is 0. The topological polar surface area (TPSA) is 114 Å². The van der Waals surface area contributed by atoms with E-state index in [2.05, 4.69) is 38.9 Å². The van der Waals surface area contributed by atoms with E-state index in [4.69, 9.17) is 14.2 Å². The molecule has 1 rings (SSSR count). The Balaban J connectivity index is 2.50. The highest BCUT2D eigenvalue weighted by Gasteiger charge is 2.27. The van der Waals surface area contributed by atoms with Crippen LogP contribution in [0.2, 0.25) is 0 Å². The van der Waals surface area contributed by atoms with E-state index in [9.17, 15) is 19.2 Å². The Morgan fingerprint density at radius 1 is 0.968 bits per heavy atom. The number of hydrogen-bond donors (Lipinski definition) is 0. The van der Waals surface area contributed by atoms with Crippen molar-refractivity contribution in [1.82, 2.24) is 0 Å². The van der Waals surface area contributed by atoms with Gasteiger partial charge in [-0.05, 0) is 100 Å². The quantitative estimate of drug-likeness (QED) is 0.0878. The Bertz CT molecular complexity index is 846. The molecule has 1 aromatic rings. The third-order valence-electron chi connectivity index (χ3n) is 3.46. The SMILES string of the molecule is C=C(CC)C(=O)OOCC(=O)OC(C)C(=O)OC(C)C(=O)Oc1c(I)cc(I)cc1I. The largest absolute Gasteiger partial charge is 0.449 e. The van der Waals surface area contributed by atoms with Crippen LogP contribution in [0.1, 0.15) is 27.2 Å². The highest BCUT2D eigenvalue weighted by Crippen LogP contribution is 2.30. The number of hydrogen-bond acceptors (Lipinski definition) is 9. The van der Waals surface area contributed by atoms with Gasteiger partial charge in [0.25, 0.3) is 0 Å². The van der Waals surface area contributed by atoms with Crippen molar-refractivity contribution in [3.63, 3.8) is 0 Å². The summed E-state index contributed by atoms with van der Waals surface area (Å²) in [5.74, 6) is -3.16. The van der Waals surface area contributed by atoms with Crippen molar-refractivity contribution in [3.05, 3.63) is 35.0 Å². The molecule has 0 N–H and O–H groups in total. The van der Waals surface area contributed by atoms with Gasteiger partial charge in [-0.2, -0.15) is 4.89 Å². The monoisotopic (exact) mass is 772 g/mol. The maximum Gasteiger partial charge on any atom is 0.368 e. The van der Waals surface area contributed by atoms with E-state index in [1.807, 2.05) is 57.3 Å². The van der Waals surface area contributed by atoms with Crippen LogP contribution in [0.5, 0.6) is 5.75 Å². The van der Waals surface area contributed by atoms with Crippen molar-refractivity contribution in [2.45, 2.75) is 39.4 Å². The standard InChI is InChI=1S/C19H19I3O9/c1-5-9(2)17(24)31-27-8-15(23)28-10(3)18(25)29-11(4)19(26)30-16-13(21)6-12(20)7-14(16)22/h6-7,10-11H,2,5,8H2,1,3-4H3. The molecule has 0 aliphatic heterocycles. The second-order valence-corrected chi connectivity index (χ2v) is 9.49. The third kappa shape index (κ3) is 9.56. The summed E-state index contributed by atoms with van der Waals surface area (Å²) in [4.78, 5) is 56.2. The van der Waals surface area contributed by atoms with Gasteiger partial charge in [0.05, 0.1) is 7.14 Å². The Morgan fingerprint density at radius 3 is 2.06 bits per heavy atom. The zero-order chi connectivity index (χ0) is 23.7. The first-order chi connectivity index (χ1) is 14.5. The molecule has 170 valence electrons. The van der Waals surface area contributed by atoms with Crippen LogP contribution in [-0.4, -0.2) is 42.7 Å². The Morgan fingerprint density at radius 2 is 1.52 bits per heavy atom. The minimum Gasteiger partial charge on any atom is -0.449 e. The predicted octanol–water partition coefficient (Wildman–Crippen LogP) is 3.71. The Labute approximate surface area is 219 Å². The molecule has 0 heterocycles. The molecule has 12 heteroatoms. The molecule has 1 aromatic carbocycles. The summed E-state index contributed by atoms with van der Waals surface area (Å²) in [6, 6.07) is 3.67. The number of esters is 3. The zero-order valence-corrected chi connectivity index (χ0v) is 23.2. The first kappa shape index (κ1) is 28.0. The molecule has 0 amide bonds. The number of carbonyl (C=O) groups is 4. The normalized spacial score (nSPS) is 12.3. The van der Waals surface area contributed by atoms with Gasteiger partial charge in [-0.1, -0.05) is 13.5 Å². The average Bonchev–Trinajstić information content (AvgIpc) is 2.69. The van der Waals surface area contributed by atoms with Crippen molar-refractivity contribution in [2.24, 2.45) is 0 Å². The first-order valence-electron chi connectivity index (χ1n) is 8.74. The van der Waals surface area contributed by atoms with Crippen LogP contribution in [-0.2, 0) is 38.4 Å². The highest BCUT2D eigenvalue weighted by atomic mass is 127. The van der Waals surface area contributed by atoms with Crippen LogP contribution in [0.3, 0.4) is 0 Å². The van der Waals surface area contributed by atoms with Crippen LogP contribution in [0.4, 0.5) is 0 Å². The van der Waals surface area contributed by atoms with Crippen LogP contribution >= 0.6 is 67.8 Å². The van der Waals surface area contributed by atoms with E-state index >= 15 is 0 Å². The molecule has 0 radical (unpaired) electrons. The molecule has 9 nitrogen and oxygen atoms in total. The summed E-state index contributed by atoms with van der Waals surface area (Å²) in [6.45, 7) is 7.01. The fourth-order valence-corrected chi connectivity index (χ4v) is 5.54. The van der Waals surface area contributed by atoms with E-state index in [1.54, 1.807) is 6.92 Å². The van der Waals surface area contributed by atoms with Crippen LogP contribution in [0.25, 0.3) is 0 Å². The number of rotatable bonds is 10. The van der Waals surface area contributed by atoms with E-state index in [0.29, 0.717) is 12.2 Å². The molecule has 0 aliphatic carbocycles. The van der Waals surface area contributed by atoms with Crippen LogP contribution in [0, 0.1) is 10.7 Å². The van der Waals surface area contributed by atoms with E-state index in [-0.39, 0.29) is 5.57 Å². The van der Waals surface area contributed by atoms with Crippen molar-refractivity contribution >= 4 is 91.6 Å². The lowest BCUT2D eigenvalue weighted by Crippen LogP contribution is -2.35. The summed E-state index contributed by atoms with van der Waals surface area (Å²) < 4.78 is 17.6. The van der Waals surface area contributed by atoms with Gasteiger partial charge in [0.15, 0.2) is 24.6 Å². The lowest BCUT2D eigenvalue weighted by molar-refractivity contribution is -0.268. The third-order valence-corrected chi connectivity index (χ3v) is 5.68. The summed E-state index contributed by atoms with van der Waals surface area (Å²) >= 11 is 6.22. The van der Waals surface area contributed by atoms with E-state index in [1.165, 1.54) is 13.8 Å². The molecule has 0 saturated carbocycles. The summed E-state index contributed by atoms with van der Waals surface area (Å²) in [5.41, 5.74) is 0.167. The van der Waals surface area contributed by atoms with Gasteiger partial charge in [-0.25, -0.2) is 19.2 Å². The molecule has 0 aromatic heterocycles. The number of benzene rings is 1. The lowest BCUT2D eigenvalue weighted by Gasteiger charge is -2.17. The maximum atomic E-state index is 12.3. The summed E-state index contributed by atoms with van der Waals surface area (Å²) in [6.07, 6.45) is -2.21. The highest BCUT2D eigenvalue weighted by molar-refractivity contribution is 14.1. The fraction of sp³-hybridized carbons (Fsp3) is 0.368. The van der Waals surface area contributed by atoms with Gasteiger partial charge in [0.1, 0.15) is 0 Å². The van der Waals surface area contributed by atoms with Gasteiger partial charge < -0.3 is 14.2 Å². The predicted molar refractivity (Wildman–Crippen MR) is 133 cm³/mol. The van der Waals surface area contributed by atoms with Crippen molar-refractivity contribution in [3.8, 4) is 5.75 Å². The molecule has 0 fully saturated rings.